The Hall–Kier alpha value is -1.71. The lowest BCUT2D eigenvalue weighted by Gasteiger charge is -2.15. The topological polar surface area (TPSA) is 46.5 Å². The molecule has 0 radical (unpaired) electrons. The Morgan fingerprint density at radius 1 is 1.00 bits per heavy atom. The van der Waals surface area contributed by atoms with Gasteiger partial charge in [-0.05, 0) is 48.2 Å². The van der Waals surface area contributed by atoms with E-state index in [-0.39, 0.29) is 23.6 Å². The van der Waals surface area contributed by atoms with Crippen LogP contribution in [0.15, 0.2) is 42.5 Å². The first-order valence-electron chi connectivity index (χ1n) is 7.41. The van der Waals surface area contributed by atoms with Crippen LogP contribution >= 0.6 is 23.2 Å². The monoisotopic (exact) mass is 350 g/mol. The van der Waals surface area contributed by atoms with E-state index in [1.807, 2.05) is 18.2 Å². The number of esters is 1. The lowest BCUT2D eigenvalue weighted by molar-refractivity contribution is -0.141. The number of hydrogen-bond donors (Lipinski definition) is 1. The van der Waals surface area contributed by atoms with Gasteiger partial charge in [0.1, 0.15) is 5.75 Å². The van der Waals surface area contributed by atoms with E-state index in [0.29, 0.717) is 23.1 Å². The maximum absolute atomic E-state index is 12.1. The second-order valence-electron chi connectivity index (χ2n) is 5.82. The molecule has 1 N–H and O–H groups in total. The number of phenols is 1. The first kappa shape index (κ1) is 16.2. The van der Waals surface area contributed by atoms with Gasteiger partial charge in [0, 0.05) is 5.92 Å². The van der Waals surface area contributed by atoms with E-state index in [9.17, 15) is 9.90 Å². The summed E-state index contributed by atoms with van der Waals surface area (Å²) < 4.78 is 5.25. The fourth-order valence-electron chi connectivity index (χ4n) is 2.91. The Kier molecular flexibility index (Phi) is 4.79. The van der Waals surface area contributed by atoms with Gasteiger partial charge < -0.3 is 9.84 Å². The summed E-state index contributed by atoms with van der Waals surface area (Å²) in [5, 5.41) is 10.3. The van der Waals surface area contributed by atoms with Crippen LogP contribution in [0.4, 0.5) is 0 Å². The van der Waals surface area contributed by atoms with Gasteiger partial charge in [0.05, 0.1) is 22.6 Å². The van der Waals surface area contributed by atoms with E-state index in [2.05, 4.69) is 0 Å². The van der Waals surface area contributed by atoms with Crippen molar-refractivity contribution in [1.29, 1.82) is 0 Å². The summed E-state index contributed by atoms with van der Waals surface area (Å²) in [6, 6.07) is 12.5. The number of rotatable bonds is 4. The van der Waals surface area contributed by atoms with Gasteiger partial charge >= 0.3 is 5.97 Å². The molecule has 0 saturated carbocycles. The maximum Gasteiger partial charge on any atom is 0.309 e. The number of benzene rings is 2. The molecule has 0 bridgehead atoms. The summed E-state index contributed by atoms with van der Waals surface area (Å²) in [7, 11) is 0. The number of cyclic esters (lactones) is 1. The molecule has 0 spiro atoms. The highest BCUT2D eigenvalue weighted by Crippen LogP contribution is 2.31. The van der Waals surface area contributed by atoms with Crippen molar-refractivity contribution in [2.45, 2.75) is 12.8 Å². The van der Waals surface area contributed by atoms with Crippen molar-refractivity contribution in [1.82, 2.24) is 0 Å². The van der Waals surface area contributed by atoms with Crippen LogP contribution in [0, 0.1) is 11.8 Å². The predicted octanol–water partition coefficient (Wildman–Crippen LogP) is 4.27. The number of aromatic hydroxyl groups is 1. The van der Waals surface area contributed by atoms with E-state index in [0.717, 1.165) is 17.5 Å². The Bertz CT molecular complexity index is 713. The van der Waals surface area contributed by atoms with Crippen LogP contribution in [0.5, 0.6) is 5.75 Å². The van der Waals surface area contributed by atoms with Crippen molar-refractivity contribution in [3.05, 3.63) is 63.6 Å². The highest BCUT2D eigenvalue weighted by Gasteiger charge is 2.36. The van der Waals surface area contributed by atoms with Crippen LogP contribution < -0.4 is 0 Å². The molecule has 5 heteroatoms. The van der Waals surface area contributed by atoms with Crippen molar-refractivity contribution in [2.75, 3.05) is 6.61 Å². The lowest BCUT2D eigenvalue weighted by Crippen LogP contribution is -2.20. The Morgan fingerprint density at radius 3 is 2.39 bits per heavy atom. The molecule has 3 nitrogen and oxygen atoms in total. The molecule has 23 heavy (non-hydrogen) atoms. The normalized spacial score (nSPS) is 20.5. The van der Waals surface area contributed by atoms with Gasteiger partial charge in [-0.2, -0.15) is 0 Å². The number of phenolic OH excluding ortho intramolecular Hbond substituents is 1. The van der Waals surface area contributed by atoms with Crippen LogP contribution in [0.3, 0.4) is 0 Å². The van der Waals surface area contributed by atoms with Gasteiger partial charge in [0.15, 0.2) is 0 Å². The minimum Gasteiger partial charge on any atom is -0.508 e. The fourth-order valence-corrected chi connectivity index (χ4v) is 3.23. The molecule has 0 aliphatic carbocycles. The average molecular weight is 351 g/mol. The second kappa shape index (κ2) is 6.81. The van der Waals surface area contributed by atoms with Crippen molar-refractivity contribution in [2.24, 2.45) is 11.8 Å². The third-order valence-electron chi connectivity index (χ3n) is 4.19. The third-order valence-corrected chi connectivity index (χ3v) is 4.92. The second-order valence-corrected chi connectivity index (χ2v) is 6.63. The molecule has 1 heterocycles. The fraction of sp³-hybridized carbons (Fsp3) is 0.278. The van der Waals surface area contributed by atoms with E-state index >= 15 is 0 Å². The number of carbonyl (C=O) groups excluding carboxylic acids is 1. The first-order valence-corrected chi connectivity index (χ1v) is 8.17. The summed E-state index contributed by atoms with van der Waals surface area (Å²) in [6.07, 6.45) is 1.32. The van der Waals surface area contributed by atoms with Crippen molar-refractivity contribution in [3.8, 4) is 5.75 Å². The van der Waals surface area contributed by atoms with Gasteiger partial charge in [-0.3, -0.25) is 4.79 Å². The standard InChI is InChI=1S/C18H16Cl2O3/c19-16-6-3-12(9-17(16)20)8-15-13(10-23-18(15)22)7-11-1-4-14(21)5-2-11/h1-6,9,13,15,21H,7-8,10H2/t13-,15+/m0/s1. The molecule has 2 aromatic carbocycles. The van der Waals surface area contributed by atoms with E-state index in [4.69, 9.17) is 27.9 Å². The summed E-state index contributed by atoms with van der Waals surface area (Å²) in [4.78, 5) is 12.1. The van der Waals surface area contributed by atoms with E-state index in [1.165, 1.54) is 0 Å². The molecule has 3 rings (SSSR count). The zero-order chi connectivity index (χ0) is 16.4. The summed E-state index contributed by atoms with van der Waals surface area (Å²) in [6.45, 7) is 0.422. The zero-order valence-corrected chi connectivity index (χ0v) is 13.8. The Balaban J connectivity index is 1.74. The van der Waals surface area contributed by atoms with E-state index in [1.54, 1.807) is 24.3 Å². The Labute approximate surface area is 144 Å². The van der Waals surface area contributed by atoms with Crippen LogP contribution in [-0.4, -0.2) is 17.7 Å². The molecule has 1 aliphatic rings. The quantitative estimate of drug-likeness (QED) is 0.837. The summed E-state index contributed by atoms with van der Waals surface area (Å²) in [5.41, 5.74) is 2.05. The zero-order valence-electron chi connectivity index (χ0n) is 12.3. The molecule has 0 aromatic heterocycles. The van der Waals surface area contributed by atoms with Gasteiger partial charge in [0.25, 0.3) is 0 Å². The smallest absolute Gasteiger partial charge is 0.309 e. The Morgan fingerprint density at radius 2 is 1.70 bits per heavy atom. The van der Waals surface area contributed by atoms with Crippen molar-refractivity contribution >= 4 is 29.2 Å². The highest BCUT2D eigenvalue weighted by atomic mass is 35.5. The SMILES string of the molecule is O=C1OC[C@H](Cc2ccc(O)cc2)[C@H]1Cc1ccc(Cl)c(Cl)c1. The minimum absolute atomic E-state index is 0.112. The van der Waals surface area contributed by atoms with Crippen LogP contribution in [-0.2, 0) is 22.4 Å². The number of ether oxygens (including phenoxy) is 1. The minimum atomic E-state index is -0.193. The van der Waals surface area contributed by atoms with Crippen LogP contribution in [0.1, 0.15) is 11.1 Å². The number of hydrogen-bond acceptors (Lipinski definition) is 3. The average Bonchev–Trinajstić information content (AvgIpc) is 2.86. The molecular weight excluding hydrogens is 335 g/mol. The molecule has 0 amide bonds. The molecule has 120 valence electrons. The largest absolute Gasteiger partial charge is 0.508 e. The number of carbonyl (C=O) groups is 1. The van der Waals surface area contributed by atoms with E-state index < -0.39 is 0 Å². The van der Waals surface area contributed by atoms with Crippen molar-refractivity contribution < 1.29 is 14.6 Å². The van der Waals surface area contributed by atoms with Crippen molar-refractivity contribution in [3.63, 3.8) is 0 Å². The molecule has 2 atom stereocenters. The summed E-state index contributed by atoms with van der Waals surface area (Å²) in [5.74, 6) is -0.0118. The van der Waals surface area contributed by atoms with Gasteiger partial charge in [-0.15, -0.1) is 0 Å². The third kappa shape index (κ3) is 3.80. The van der Waals surface area contributed by atoms with Crippen LogP contribution in [0.2, 0.25) is 10.0 Å². The molecule has 1 saturated heterocycles. The van der Waals surface area contributed by atoms with Crippen LogP contribution in [0.25, 0.3) is 0 Å². The lowest BCUT2D eigenvalue weighted by atomic mass is 9.85. The molecule has 0 unspecified atom stereocenters. The van der Waals surface area contributed by atoms with Gasteiger partial charge in [-0.25, -0.2) is 0 Å². The maximum atomic E-state index is 12.1. The molecule has 2 aromatic rings. The van der Waals surface area contributed by atoms with Gasteiger partial charge in [0.2, 0.25) is 0 Å². The predicted molar refractivity (Wildman–Crippen MR) is 89.9 cm³/mol. The first-order chi connectivity index (χ1) is 11.0. The number of halogens is 2. The van der Waals surface area contributed by atoms with Gasteiger partial charge in [-0.1, -0.05) is 41.4 Å². The summed E-state index contributed by atoms with van der Waals surface area (Å²) >= 11 is 12.0. The molecular formula is C18H16Cl2O3. The molecule has 1 aliphatic heterocycles. The highest BCUT2D eigenvalue weighted by molar-refractivity contribution is 6.42. The molecule has 1 fully saturated rings.